The van der Waals surface area contributed by atoms with Crippen LogP contribution in [0, 0.1) is 0 Å². The van der Waals surface area contributed by atoms with Crippen molar-refractivity contribution < 1.29 is 9.53 Å². The van der Waals surface area contributed by atoms with E-state index in [1.165, 1.54) is 26.4 Å². The van der Waals surface area contributed by atoms with Crippen LogP contribution in [0.4, 0.5) is 0 Å². The van der Waals surface area contributed by atoms with E-state index in [9.17, 15) is 9.59 Å². The summed E-state index contributed by atoms with van der Waals surface area (Å²) in [6.07, 6.45) is 4.80. The van der Waals surface area contributed by atoms with Crippen LogP contribution in [0.5, 0.6) is 0 Å². The fourth-order valence-electron chi connectivity index (χ4n) is 3.50. The molecule has 136 valence electrons. The average molecular weight is 372 g/mol. The Kier molecular flexibility index (Phi) is 4.67. The number of aromatic nitrogens is 2. The Hall–Kier alpha value is -2.35. The maximum absolute atomic E-state index is 12.3. The third kappa shape index (κ3) is 3.33. The molecule has 8 heteroatoms. The number of carbonyl (C=O) groups excluding carboxylic acids is 1. The van der Waals surface area contributed by atoms with Gasteiger partial charge in [0.15, 0.2) is 5.17 Å². The van der Waals surface area contributed by atoms with E-state index in [1.807, 2.05) is 0 Å². The van der Waals surface area contributed by atoms with Crippen molar-refractivity contribution in [3.05, 3.63) is 39.9 Å². The van der Waals surface area contributed by atoms with Crippen molar-refractivity contribution in [1.29, 1.82) is 0 Å². The number of aliphatic imine (C=N–C) groups is 1. The summed E-state index contributed by atoms with van der Waals surface area (Å²) in [4.78, 5) is 36.0. The van der Waals surface area contributed by atoms with Gasteiger partial charge in [0.2, 0.25) is 0 Å². The highest BCUT2D eigenvalue weighted by Crippen LogP contribution is 2.27. The van der Waals surface area contributed by atoms with E-state index in [1.54, 1.807) is 30.0 Å². The summed E-state index contributed by atoms with van der Waals surface area (Å²) in [6, 6.07) is 5.59. The molecule has 26 heavy (non-hydrogen) atoms. The molecule has 2 aliphatic rings. The number of rotatable bonds is 3. The predicted octanol–water partition coefficient (Wildman–Crippen LogP) is 2.21. The molecule has 1 saturated carbocycles. The first-order valence-corrected chi connectivity index (χ1v) is 9.71. The van der Waals surface area contributed by atoms with E-state index in [0.29, 0.717) is 40.1 Å². The quantitative estimate of drug-likeness (QED) is 0.802. The Labute approximate surface area is 154 Å². The number of carbonyl (C=O) groups is 1. The van der Waals surface area contributed by atoms with Gasteiger partial charge in [0.05, 0.1) is 41.4 Å². The summed E-state index contributed by atoms with van der Waals surface area (Å²) in [5.41, 5.74) is 0.654. The maximum Gasteiger partial charge on any atom is 0.337 e. The molecular weight excluding hydrogens is 352 g/mol. The topological polar surface area (TPSA) is 96.4 Å². The van der Waals surface area contributed by atoms with E-state index >= 15 is 0 Å². The van der Waals surface area contributed by atoms with Gasteiger partial charge in [-0.2, -0.15) is 0 Å². The molecule has 0 radical (unpaired) electrons. The monoisotopic (exact) mass is 372 g/mol. The van der Waals surface area contributed by atoms with E-state index < -0.39 is 5.97 Å². The van der Waals surface area contributed by atoms with E-state index in [-0.39, 0.29) is 5.56 Å². The Bertz CT molecular complexity index is 940. The minimum Gasteiger partial charge on any atom is -0.465 e. The van der Waals surface area contributed by atoms with Crippen molar-refractivity contribution in [1.82, 2.24) is 15.3 Å². The molecule has 1 aliphatic heterocycles. The highest BCUT2D eigenvalue weighted by molar-refractivity contribution is 8.13. The number of amidine groups is 1. The minimum absolute atomic E-state index is 0.211. The van der Waals surface area contributed by atoms with Crippen molar-refractivity contribution in [3.8, 4) is 0 Å². The number of ether oxygens (including phenoxy) is 1. The molecule has 0 bridgehead atoms. The second-order valence-electron chi connectivity index (χ2n) is 6.56. The normalized spacial score (nSPS) is 21.8. The van der Waals surface area contributed by atoms with E-state index in [2.05, 4.69) is 15.3 Å². The highest BCUT2D eigenvalue weighted by atomic mass is 32.2. The molecule has 4 rings (SSSR count). The summed E-state index contributed by atoms with van der Waals surface area (Å²) in [7, 11) is 1.33. The van der Waals surface area contributed by atoms with Gasteiger partial charge in [-0.15, -0.1) is 0 Å². The molecule has 2 N–H and O–H groups in total. The van der Waals surface area contributed by atoms with Gasteiger partial charge in [0, 0.05) is 0 Å². The zero-order valence-electron chi connectivity index (χ0n) is 14.4. The number of H-pyrrole nitrogens is 1. The zero-order valence-corrected chi connectivity index (χ0v) is 15.3. The third-order valence-electron chi connectivity index (χ3n) is 4.84. The lowest BCUT2D eigenvalue weighted by molar-refractivity contribution is 0.0601. The molecule has 0 amide bonds. The minimum atomic E-state index is -0.447. The van der Waals surface area contributed by atoms with Crippen molar-refractivity contribution >= 4 is 33.8 Å². The number of thioether (sulfide) groups is 1. The summed E-state index contributed by atoms with van der Waals surface area (Å²) >= 11 is 1.55. The van der Waals surface area contributed by atoms with Crippen molar-refractivity contribution in [2.45, 2.75) is 43.5 Å². The molecular formula is C18H20N4O3S. The Morgan fingerprint density at radius 3 is 3.00 bits per heavy atom. The summed E-state index contributed by atoms with van der Waals surface area (Å²) in [5.74, 6) is 0.629. The number of esters is 1. The van der Waals surface area contributed by atoms with Crippen molar-refractivity contribution in [2.75, 3.05) is 7.11 Å². The molecule has 0 spiro atoms. The van der Waals surface area contributed by atoms with Gasteiger partial charge in [0.1, 0.15) is 5.82 Å². The molecule has 1 aromatic carbocycles. The largest absolute Gasteiger partial charge is 0.465 e. The van der Waals surface area contributed by atoms with Gasteiger partial charge < -0.3 is 15.0 Å². The third-order valence-corrected chi connectivity index (χ3v) is 5.76. The van der Waals surface area contributed by atoms with Crippen molar-refractivity contribution in [2.24, 2.45) is 4.99 Å². The Morgan fingerprint density at radius 1 is 1.35 bits per heavy atom. The van der Waals surface area contributed by atoms with Crippen LogP contribution in [0.2, 0.25) is 0 Å². The molecule has 0 unspecified atom stereocenters. The second kappa shape index (κ2) is 7.11. The average Bonchev–Trinajstić information content (AvgIpc) is 3.08. The summed E-state index contributed by atoms with van der Waals surface area (Å²) in [6.45, 7) is 0. The van der Waals surface area contributed by atoms with Crippen LogP contribution in [-0.4, -0.2) is 40.3 Å². The first kappa shape index (κ1) is 17.1. The smallest absolute Gasteiger partial charge is 0.337 e. The lowest BCUT2D eigenvalue weighted by atomic mass is 9.92. The summed E-state index contributed by atoms with van der Waals surface area (Å²) < 4.78 is 4.73. The van der Waals surface area contributed by atoms with Gasteiger partial charge in [-0.1, -0.05) is 24.6 Å². The van der Waals surface area contributed by atoms with Crippen LogP contribution in [0.3, 0.4) is 0 Å². The highest BCUT2D eigenvalue weighted by Gasteiger charge is 2.30. The van der Waals surface area contributed by atoms with Crippen LogP contribution in [0.1, 0.15) is 41.9 Å². The number of aromatic amines is 1. The van der Waals surface area contributed by atoms with Crippen LogP contribution >= 0.6 is 11.8 Å². The molecule has 1 aliphatic carbocycles. The number of nitrogens with one attached hydrogen (secondary N) is 2. The number of fused-ring (bicyclic) bond motifs is 2. The number of hydrogen-bond acceptors (Lipinski definition) is 7. The SMILES string of the molecule is COC(=O)c1ccc2c(=O)[nH]c(CSC3=N[C@H]4CCCC[C@@H]4N3)nc2c1. The number of methoxy groups -OCH3 is 1. The molecule has 2 aromatic rings. The van der Waals surface area contributed by atoms with Gasteiger partial charge in [-0.05, 0) is 31.0 Å². The molecule has 0 saturated heterocycles. The van der Waals surface area contributed by atoms with Crippen LogP contribution in [0.25, 0.3) is 10.9 Å². The molecule has 7 nitrogen and oxygen atoms in total. The van der Waals surface area contributed by atoms with Crippen molar-refractivity contribution in [3.63, 3.8) is 0 Å². The van der Waals surface area contributed by atoms with Gasteiger partial charge in [-0.25, -0.2) is 9.78 Å². The van der Waals surface area contributed by atoms with Crippen LogP contribution in [0.15, 0.2) is 28.0 Å². The maximum atomic E-state index is 12.3. The lowest BCUT2D eigenvalue weighted by Gasteiger charge is -2.23. The number of nitrogens with zero attached hydrogens (tertiary/aromatic N) is 2. The van der Waals surface area contributed by atoms with Gasteiger partial charge in [0.25, 0.3) is 5.56 Å². The zero-order chi connectivity index (χ0) is 18.1. The predicted molar refractivity (Wildman–Crippen MR) is 102 cm³/mol. The van der Waals surface area contributed by atoms with Gasteiger partial charge >= 0.3 is 5.97 Å². The first-order valence-electron chi connectivity index (χ1n) is 8.72. The Balaban J connectivity index is 1.53. The van der Waals surface area contributed by atoms with E-state index in [0.717, 1.165) is 11.6 Å². The molecule has 1 fully saturated rings. The lowest BCUT2D eigenvalue weighted by Crippen LogP contribution is -2.36. The standard InChI is InChI=1S/C18H20N4O3S/c1-25-17(24)10-6-7-11-14(8-10)19-15(22-16(11)23)9-26-18-20-12-4-2-3-5-13(12)21-18/h6-8,12-13H,2-5,9H2,1H3,(H,20,21)(H,19,22,23)/t12-,13-/m0/s1. The summed E-state index contributed by atoms with van der Waals surface area (Å²) in [5, 5.41) is 4.86. The molecule has 1 aromatic heterocycles. The second-order valence-corrected chi connectivity index (χ2v) is 7.53. The molecule has 2 heterocycles. The Morgan fingerprint density at radius 2 is 2.19 bits per heavy atom. The van der Waals surface area contributed by atoms with Gasteiger partial charge in [-0.3, -0.25) is 9.79 Å². The van der Waals surface area contributed by atoms with E-state index in [4.69, 9.17) is 9.73 Å². The van der Waals surface area contributed by atoms with Crippen LogP contribution < -0.4 is 10.9 Å². The number of benzene rings is 1. The van der Waals surface area contributed by atoms with Crippen LogP contribution in [-0.2, 0) is 10.5 Å². The fraction of sp³-hybridized carbons (Fsp3) is 0.444. The fourth-order valence-corrected chi connectivity index (χ4v) is 4.35. The first-order chi connectivity index (χ1) is 12.6. The molecule has 2 atom stereocenters. The number of hydrogen-bond donors (Lipinski definition) is 2.